The minimum absolute atomic E-state index is 0.280. The van der Waals surface area contributed by atoms with Crippen LogP contribution in [0.25, 0.3) is 0 Å². The summed E-state index contributed by atoms with van der Waals surface area (Å²) >= 11 is 0. The number of unbranched alkanes of at least 4 members (excludes halogenated alkanes) is 11. The van der Waals surface area contributed by atoms with Crippen molar-refractivity contribution in [1.82, 2.24) is 0 Å². The molecule has 0 unspecified atom stereocenters. The van der Waals surface area contributed by atoms with E-state index < -0.39 is 0 Å². The van der Waals surface area contributed by atoms with Crippen molar-refractivity contribution >= 4 is 11.9 Å². The zero-order valence-corrected chi connectivity index (χ0v) is 16.9. The lowest BCUT2D eigenvalue weighted by atomic mass is 10.1. The van der Waals surface area contributed by atoms with Crippen LogP contribution in [-0.4, -0.2) is 25.2 Å². The molecule has 26 heavy (non-hydrogen) atoms. The maximum atomic E-state index is 11.2. The molecule has 0 rings (SSSR count). The highest BCUT2D eigenvalue weighted by Crippen LogP contribution is 2.12. The number of hydrogen-bond acceptors (Lipinski definition) is 4. The van der Waals surface area contributed by atoms with Crippen molar-refractivity contribution in [2.75, 3.05) is 13.2 Å². The van der Waals surface area contributed by atoms with Gasteiger partial charge in [0.2, 0.25) is 0 Å². The smallest absolute Gasteiger partial charge is 0.333 e. The van der Waals surface area contributed by atoms with Crippen LogP contribution >= 0.6 is 0 Å². The van der Waals surface area contributed by atoms with Gasteiger partial charge in [0.05, 0.1) is 13.2 Å². The number of carbonyl (C=O) groups is 2. The molecular formula is C22H38O4. The van der Waals surface area contributed by atoms with Crippen LogP contribution in [0.1, 0.15) is 90.9 Å². The molecule has 0 radical (unpaired) electrons. The Bertz CT molecular complexity index is 386. The molecule has 0 atom stereocenters. The molecule has 0 aliphatic rings. The number of ether oxygens (including phenoxy) is 2. The minimum atomic E-state index is -0.280. The van der Waals surface area contributed by atoms with Crippen molar-refractivity contribution < 1.29 is 19.1 Å². The Labute approximate surface area is 160 Å². The first-order valence-corrected chi connectivity index (χ1v) is 10.1. The topological polar surface area (TPSA) is 52.6 Å². The average molecular weight is 367 g/mol. The van der Waals surface area contributed by atoms with Crippen LogP contribution in [0, 0.1) is 0 Å². The molecular weight excluding hydrogens is 328 g/mol. The first kappa shape index (κ1) is 24.4. The van der Waals surface area contributed by atoms with Gasteiger partial charge in [0.1, 0.15) is 0 Å². The predicted octanol–water partition coefficient (Wildman–Crippen LogP) is 5.91. The Morgan fingerprint density at radius 2 is 0.769 bits per heavy atom. The van der Waals surface area contributed by atoms with Crippen molar-refractivity contribution in [2.24, 2.45) is 0 Å². The van der Waals surface area contributed by atoms with Gasteiger partial charge in [0, 0.05) is 11.1 Å². The quantitative estimate of drug-likeness (QED) is 0.182. The van der Waals surface area contributed by atoms with Crippen molar-refractivity contribution in [2.45, 2.75) is 90.9 Å². The summed E-state index contributed by atoms with van der Waals surface area (Å²) in [4.78, 5) is 22.4. The van der Waals surface area contributed by atoms with Gasteiger partial charge in [-0.05, 0) is 26.7 Å². The van der Waals surface area contributed by atoms with Crippen LogP contribution in [0.15, 0.2) is 24.3 Å². The number of carbonyl (C=O) groups excluding carboxylic acids is 2. The van der Waals surface area contributed by atoms with Crippen molar-refractivity contribution in [3.63, 3.8) is 0 Å². The highest BCUT2D eigenvalue weighted by molar-refractivity contribution is 5.87. The van der Waals surface area contributed by atoms with E-state index in [-0.39, 0.29) is 11.9 Å². The van der Waals surface area contributed by atoms with Gasteiger partial charge < -0.3 is 9.47 Å². The molecule has 0 aromatic carbocycles. The lowest BCUT2D eigenvalue weighted by Gasteiger charge is -2.05. The van der Waals surface area contributed by atoms with Crippen molar-refractivity contribution in [3.8, 4) is 0 Å². The van der Waals surface area contributed by atoms with E-state index in [0.29, 0.717) is 24.4 Å². The molecule has 0 fully saturated rings. The normalized spacial score (nSPS) is 10.4. The largest absolute Gasteiger partial charge is 0.462 e. The van der Waals surface area contributed by atoms with E-state index in [1.807, 2.05) is 0 Å². The average Bonchev–Trinajstić information content (AvgIpc) is 2.60. The summed E-state index contributed by atoms with van der Waals surface area (Å²) < 4.78 is 10.1. The van der Waals surface area contributed by atoms with Gasteiger partial charge in [-0.2, -0.15) is 0 Å². The summed E-state index contributed by atoms with van der Waals surface area (Å²) in [7, 11) is 0. The minimum Gasteiger partial charge on any atom is -0.462 e. The maximum absolute atomic E-state index is 11.2. The summed E-state index contributed by atoms with van der Waals surface area (Å²) in [6.45, 7) is 11.5. The van der Waals surface area contributed by atoms with Crippen molar-refractivity contribution in [3.05, 3.63) is 24.3 Å². The van der Waals surface area contributed by atoms with Gasteiger partial charge in [-0.3, -0.25) is 0 Å². The van der Waals surface area contributed by atoms with E-state index in [2.05, 4.69) is 13.2 Å². The van der Waals surface area contributed by atoms with Crippen LogP contribution in [0.4, 0.5) is 0 Å². The number of hydrogen-bond donors (Lipinski definition) is 0. The third-order valence-corrected chi connectivity index (χ3v) is 4.20. The number of rotatable bonds is 17. The Balaban J connectivity index is 3.16. The Morgan fingerprint density at radius 3 is 1.00 bits per heavy atom. The summed E-state index contributed by atoms with van der Waals surface area (Å²) in [5, 5.41) is 0. The summed E-state index contributed by atoms with van der Waals surface area (Å²) in [6, 6.07) is 0. The molecule has 0 saturated heterocycles. The molecule has 4 heteroatoms. The van der Waals surface area contributed by atoms with Crippen LogP contribution in [0.5, 0.6) is 0 Å². The van der Waals surface area contributed by atoms with E-state index in [0.717, 1.165) is 25.7 Å². The maximum Gasteiger partial charge on any atom is 0.333 e. The van der Waals surface area contributed by atoms with E-state index in [1.165, 1.54) is 51.4 Å². The zero-order valence-electron chi connectivity index (χ0n) is 16.9. The predicted molar refractivity (Wildman–Crippen MR) is 107 cm³/mol. The van der Waals surface area contributed by atoms with Gasteiger partial charge in [0.15, 0.2) is 0 Å². The Kier molecular flexibility index (Phi) is 15.8. The van der Waals surface area contributed by atoms with Crippen molar-refractivity contribution in [1.29, 1.82) is 0 Å². The van der Waals surface area contributed by atoms with Crippen LogP contribution in [0.3, 0.4) is 0 Å². The SMILES string of the molecule is C=C(C)C(=O)OCCCCCCCCCCCCCCOC(=O)C(=C)C. The summed E-state index contributed by atoms with van der Waals surface area (Å²) in [5.41, 5.74) is 0.937. The van der Waals surface area contributed by atoms with Crippen LogP contribution in [-0.2, 0) is 19.1 Å². The van der Waals surface area contributed by atoms with Gasteiger partial charge in [-0.25, -0.2) is 9.59 Å². The fraction of sp³-hybridized carbons (Fsp3) is 0.727. The lowest BCUT2D eigenvalue weighted by molar-refractivity contribution is -0.139. The summed E-state index contributed by atoms with van der Waals surface area (Å²) in [5.74, 6) is -0.559. The zero-order chi connectivity index (χ0) is 19.6. The van der Waals surface area contributed by atoms with Crippen LogP contribution < -0.4 is 0 Å². The highest BCUT2D eigenvalue weighted by Gasteiger charge is 2.02. The molecule has 0 saturated carbocycles. The molecule has 0 aromatic rings. The highest BCUT2D eigenvalue weighted by atomic mass is 16.5. The van der Waals surface area contributed by atoms with Gasteiger partial charge >= 0.3 is 11.9 Å². The second-order valence-electron chi connectivity index (χ2n) is 7.08. The Hall–Kier alpha value is -1.58. The van der Waals surface area contributed by atoms with E-state index in [1.54, 1.807) is 13.8 Å². The Morgan fingerprint density at radius 1 is 0.538 bits per heavy atom. The molecule has 0 aliphatic heterocycles. The van der Waals surface area contributed by atoms with E-state index in [9.17, 15) is 9.59 Å². The third kappa shape index (κ3) is 15.9. The fourth-order valence-corrected chi connectivity index (χ4v) is 2.55. The molecule has 0 amide bonds. The monoisotopic (exact) mass is 366 g/mol. The molecule has 0 aromatic heterocycles. The van der Waals surface area contributed by atoms with E-state index in [4.69, 9.17) is 9.47 Å². The lowest BCUT2D eigenvalue weighted by Crippen LogP contribution is -2.06. The molecule has 0 aliphatic carbocycles. The second-order valence-corrected chi connectivity index (χ2v) is 7.08. The molecule has 150 valence electrons. The van der Waals surface area contributed by atoms with Gasteiger partial charge in [0.25, 0.3) is 0 Å². The standard InChI is InChI=1S/C22H38O4/c1-19(2)21(23)25-17-15-13-11-9-7-5-6-8-10-12-14-16-18-26-22(24)20(3)4/h1,3,5-18H2,2,4H3. The second kappa shape index (κ2) is 16.9. The fourth-order valence-electron chi connectivity index (χ4n) is 2.55. The molecule has 0 bridgehead atoms. The van der Waals surface area contributed by atoms with Gasteiger partial charge in [-0.15, -0.1) is 0 Å². The first-order chi connectivity index (χ1) is 12.4. The first-order valence-electron chi connectivity index (χ1n) is 10.1. The van der Waals surface area contributed by atoms with Crippen LogP contribution in [0.2, 0.25) is 0 Å². The summed E-state index contributed by atoms with van der Waals surface area (Å²) in [6.07, 6.45) is 14.3. The molecule has 4 nitrogen and oxygen atoms in total. The molecule has 0 heterocycles. The van der Waals surface area contributed by atoms with E-state index >= 15 is 0 Å². The number of esters is 2. The van der Waals surface area contributed by atoms with Gasteiger partial charge in [-0.1, -0.05) is 77.4 Å². The molecule has 0 spiro atoms. The molecule has 0 N–H and O–H groups in total. The third-order valence-electron chi connectivity index (χ3n) is 4.20.